The predicted molar refractivity (Wildman–Crippen MR) is 82.1 cm³/mol. The third kappa shape index (κ3) is 2.80. The average molecular weight is 337 g/mol. The minimum Gasteiger partial charge on any atom is -0.383 e. The molecule has 1 aliphatic rings. The van der Waals surface area contributed by atoms with Gasteiger partial charge in [0.15, 0.2) is 0 Å². The number of nitrogens with one attached hydrogen (secondary N) is 1. The largest absolute Gasteiger partial charge is 0.383 e. The Labute approximate surface area is 125 Å². The van der Waals surface area contributed by atoms with Gasteiger partial charge in [-0.2, -0.15) is 5.10 Å². The number of aromatic nitrogens is 3. The zero-order valence-electron chi connectivity index (χ0n) is 11.2. The van der Waals surface area contributed by atoms with Crippen molar-refractivity contribution in [1.82, 2.24) is 14.3 Å². The van der Waals surface area contributed by atoms with E-state index < -0.39 is 0 Å². The first-order chi connectivity index (χ1) is 9.74. The summed E-state index contributed by atoms with van der Waals surface area (Å²) in [6.45, 7) is 2.09. The molecule has 20 heavy (non-hydrogen) atoms. The first-order valence-corrected chi connectivity index (χ1v) is 7.69. The van der Waals surface area contributed by atoms with Crippen molar-refractivity contribution in [3.63, 3.8) is 0 Å². The Morgan fingerprint density at radius 1 is 1.35 bits per heavy atom. The number of rotatable bonds is 4. The van der Waals surface area contributed by atoms with E-state index in [1.165, 1.54) is 0 Å². The van der Waals surface area contributed by atoms with Crippen LogP contribution in [-0.2, 0) is 19.5 Å². The van der Waals surface area contributed by atoms with E-state index in [4.69, 9.17) is 0 Å². The van der Waals surface area contributed by atoms with Gasteiger partial charge in [-0.3, -0.25) is 4.57 Å². The summed E-state index contributed by atoms with van der Waals surface area (Å²) in [4.78, 5) is 12.1. The number of benzene rings is 1. The molecule has 1 aromatic carbocycles. The standard InChI is InChI=1S/C14H17BrN4O/c15-11-4-3-5-12(10-11)16-7-9-19-14(20)18-8-2-1-6-13(18)17-19/h3-5,10,16H,1-2,6-9H2. The zero-order valence-corrected chi connectivity index (χ0v) is 12.8. The number of nitrogens with zero attached hydrogens (tertiary/aromatic N) is 3. The third-order valence-electron chi connectivity index (χ3n) is 3.51. The van der Waals surface area contributed by atoms with E-state index in [-0.39, 0.29) is 5.69 Å². The van der Waals surface area contributed by atoms with E-state index in [0.29, 0.717) is 13.1 Å². The zero-order chi connectivity index (χ0) is 13.9. The van der Waals surface area contributed by atoms with Crippen LogP contribution in [0.5, 0.6) is 0 Å². The van der Waals surface area contributed by atoms with Crippen LogP contribution in [0.25, 0.3) is 0 Å². The van der Waals surface area contributed by atoms with Crippen LogP contribution in [0.15, 0.2) is 33.5 Å². The maximum Gasteiger partial charge on any atom is 0.345 e. The highest BCUT2D eigenvalue weighted by Crippen LogP contribution is 2.15. The van der Waals surface area contributed by atoms with Crippen LogP contribution in [0.2, 0.25) is 0 Å². The topological polar surface area (TPSA) is 51.9 Å². The van der Waals surface area contributed by atoms with Gasteiger partial charge in [-0.1, -0.05) is 22.0 Å². The van der Waals surface area contributed by atoms with Crippen molar-refractivity contribution in [2.45, 2.75) is 32.4 Å². The molecule has 0 saturated heterocycles. The fourth-order valence-corrected chi connectivity index (χ4v) is 2.90. The molecule has 1 aliphatic heterocycles. The lowest BCUT2D eigenvalue weighted by molar-refractivity contribution is 0.511. The molecule has 6 heteroatoms. The van der Waals surface area contributed by atoms with Gasteiger partial charge >= 0.3 is 5.69 Å². The molecule has 0 amide bonds. The lowest BCUT2D eigenvalue weighted by Crippen LogP contribution is -2.28. The van der Waals surface area contributed by atoms with Gasteiger partial charge < -0.3 is 5.32 Å². The highest BCUT2D eigenvalue weighted by molar-refractivity contribution is 9.10. The summed E-state index contributed by atoms with van der Waals surface area (Å²) in [7, 11) is 0. The molecule has 1 aromatic heterocycles. The normalized spacial score (nSPS) is 14.1. The van der Waals surface area contributed by atoms with Crippen LogP contribution in [0.3, 0.4) is 0 Å². The molecule has 5 nitrogen and oxygen atoms in total. The molecule has 2 heterocycles. The first-order valence-electron chi connectivity index (χ1n) is 6.90. The second kappa shape index (κ2) is 5.83. The minimum atomic E-state index is 0.0238. The summed E-state index contributed by atoms with van der Waals surface area (Å²) >= 11 is 3.44. The molecule has 2 aromatic rings. The molecule has 0 radical (unpaired) electrons. The molecule has 0 atom stereocenters. The van der Waals surface area contributed by atoms with E-state index in [0.717, 1.165) is 41.8 Å². The van der Waals surface area contributed by atoms with Crippen LogP contribution in [0, 0.1) is 0 Å². The number of hydrogen-bond donors (Lipinski definition) is 1. The highest BCUT2D eigenvalue weighted by Gasteiger charge is 2.15. The molecule has 0 bridgehead atoms. The van der Waals surface area contributed by atoms with Gasteiger partial charge in [-0.25, -0.2) is 9.48 Å². The number of halogens is 1. The maximum absolute atomic E-state index is 12.1. The monoisotopic (exact) mass is 336 g/mol. The van der Waals surface area contributed by atoms with Crippen molar-refractivity contribution in [2.24, 2.45) is 0 Å². The van der Waals surface area contributed by atoms with Gasteiger partial charge in [0.25, 0.3) is 0 Å². The average Bonchev–Trinajstić information content (AvgIpc) is 2.76. The quantitative estimate of drug-likeness (QED) is 0.931. The van der Waals surface area contributed by atoms with Crippen LogP contribution in [0.1, 0.15) is 18.7 Å². The fraction of sp³-hybridized carbons (Fsp3) is 0.429. The summed E-state index contributed by atoms with van der Waals surface area (Å²) in [6, 6.07) is 7.99. The summed E-state index contributed by atoms with van der Waals surface area (Å²) in [6.07, 6.45) is 3.13. The smallest absolute Gasteiger partial charge is 0.345 e. The van der Waals surface area contributed by atoms with Gasteiger partial charge in [0.2, 0.25) is 0 Å². The minimum absolute atomic E-state index is 0.0238. The number of hydrogen-bond acceptors (Lipinski definition) is 3. The third-order valence-corrected chi connectivity index (χ3v) is 4.00. The van der Waals surface area contributed by atoms with Gasteiger partial charge in [0, 0.05) is 29.7 Å². The summed E-state index contributed by atoms with van der Waals surface area (Å²) in [5, 5.41) is 7.72. The van der Waals surface area contributed by atoms with Gasteiger partial charge in [-0.15, -0.1) is 0 Å². The number of anilines is 1. The molecule has 106 valence electrons. The Morgan fingerprint density at radius 3 is 3.05 bits per heavy atom. The van der Waals surface area contributed by atoms with Crippen molar-refractivity contribution >= 4 is 21.6 Å². The van der Waals surface area contributed by atoms with E-state index in [1.54, 1.807) is 4.68 Å². The van der Waals surface area contributed by atoms with Crippen molar-refractivity contribution in [2.75, 3.05) is 11.9 Å². The SMILES string of the molecule is O=c1n(CCNc2cccc(Br)c2)nc2n1CCCC2. The summed E-state index contributed by atoms with van der Waals surface area (Å²) < 4.78 is 4.42. The molecule has 0 unspecified atom stereocenters. The second-order valence-electron chi connectivity index (χ2n) is 4.97. The van der Waals surface area contributed by atoms with Crippen molar-refractivity contribution in [1.29, 1.82) is 0 Å². The van der Waals surface area contributed by atoms with Crippen LogP contribution in [0.4, 0.5) is 5.69 Å². The van der Waals surface area contributed by atoms with E-state index >= 15 is 0 Å². The van der Waals surface area contributed by atoms with Gasteiger partial charge in [0.1, 0.15) is 5.82 Å². The van der Waals surface area contributed by atoms with E-state index in [9.17, 15) is 4.79 Å². The Hall–Kier alpha value is -1.56. The first kappa shape index (κ1) is 13.4. The molecule has 0 aliphatic carbocycles. The predicted octanol–water partition coefficient (Wildman–Crippen LogP) is 2.26. The van der Waals surface area contributed by atoms with Crippen LogP contribution < -0.4 is 11.0 Å². The molecule has 3 rings (SSSR count). The Balaban J connectivity index is 1.64. The molecule has 1 N–H and O–H groups in total. The maximum atomic E-state index is 12.1. The Morgan fingerprint density at radius 2 is 2.25 bits per heavy atom. The van der Waals surface area contributed by atoms with Crippen molar-refractivity contribution < 1.29 is 0 Å². The second-order valence-corrected chi connectivity index (χ2v) is 5.88. The van der Waals surface area contributed by atoms with Crippen molar-refractivity contribution in [3.05, 3.63) is 45.0 Å². The molecular formula is C14H17BrN4O. The number of fused-ring (bicyclic) bond motifs is 1. The summed E-state index contributed by atoms with van der Waals surface area (Å²) in [5.74, 6) is 0.934. The van der Waals surface area contributed by atoms with E-state index in [1.807, 2.05) is 28.8 Å². The van der Waals surface area contributed by atoms with Crippen LogP contribution in [-0.4, -0.2) is 20.9 Å². The van der Waals surface area contributed by atoms with Gasteiger partial charge in [-0.05, 0) is 31.0 Å². The summed E-state index contributed by atoms with van der Waals surface area (Å²) in [5.41, 5.74) is 1.06. The Bertz CT molecular complexity index is 661. The highest BCUT2D eigenvalue weighted by atomic mass is 79.9. The lowest BCUT2D eigenvalue weighted by atomic mass is 10.2. The number of aryl methyl sites for hydroxylation is 1. The molecule has 0 fully saturated rings. The molecule has 0 saturated carbocycles. The fourth-order valence-electron chi connectivity index (χ4n) is 2.50. The van der Waals surface area contributed by atoms with Gasteiger partial charge in [0.05, 0.1) is 6.54 Å². The Kier molecular flexibility index (Phi) is 3.91. The van der Waals surface area contributed by atoms with Crippen LogP contribution >= 0.6 is 15.9 Å². The van der Waals surface area contributed by atoms with Crippen molar-refractivity contribution in [3.8, 4) is 0 Å². The molecule has 0 spiro atoms. The lowest BCUT2D eigenvalue weighted by Gasteiger charge is -2.09. The van der Waals surface area contributed by atoms with E-state index in [2.05, 4.69) is 26.3 Å². The molecular weight excluding hydrogens is 320 g/mol.